The lowest BCUT2D eigenvalue weighted by Crippen LogP contribution is -2.27. The zero-order chi connectivity index (χ0) is 13.7. The SMILES string of the molecule is CCCC(Cc1nc(C2SCCSC2C)no1)NC. The number of thioether (sulfide) groups is 2. The van der Waals surface area contributed by atoms with Crippen molar-refractivity contribution in [2.45, 2.75) is 49.7 Å². The Bertz CT molecular complexity index is 386. The van der Waals surface area contributed by atoms with Crippen LogP contribution in [-0.4, -0.2) is 40.0 Å². The van der Waals surface area contributed by atoms with Gasteiger partial charge in [-0.1, -0.05) is 25.4 Å². The summed E-state index contributed by atoms with van der Waals surface area (Å²) in [6.45, 7) is 4.45. The molecular weight excluding hydrogens is 278 g/mol. The predicted octanol–water partition coefficient (Wildman–Crippen LogP) is 2.91. The number of hydrogen-bond donors (Lipinski definition) is 1. The van der Waals surface area contributed by atoms with Crippen molar-refractivity contribution < 1.29 is 4.52 Å². The van der Waals surface area contributed by atoms with Gasteiger partial charge >= 0.3 is 0 Å². The summed E-state index contributed by atoms with van der Waals surface area (Å²) in [5.74, 6) is 4.06. The molecule has 1 saturated heterocycles. The Balaban J connectivity index is 1.97. The molecule has 0 aliphatic carbocycles. The van der Waals surface area contributed by atoms with Crippen molar-refractivity contribution in [1.29, 1.82) is 0 Å². The first-order valence-electron chi connectivity index (χ1n) is 6.97. The fourth-order valence-electron chi connectivity index (χ4n) is 2.29. The molecule has 0 bridgehead atoms. The molecule has 0 aromatic carbocycles. The number of aromatic nitrogens is 2. The molecule has 1 aromatic heterocycles. The van der Waals surface area contributed by atoms with Crippen molar-refractivity contribution in [2.24, 2.45) is 0 Å². The third-order valence-electron chi connectivity index (χ3n) is 3.39. The Kier molecular flexibility index (Phi) is 6.04. The maximum Gasteiger partial charge on any atom is 0.228 e. The predicted molar refractivity (Wildman–Crippen MR) is 82.9 cm³/mol. The molecule has 2 rings (SSSR count). The first-order chi connectivity index (χ1) is 9.24. The largest absolute Gasteiger partial charge is 0.339 e. The van der Waals surface area contributed by atoms with Crippen LogP contribution in [0, 0.1) is 0 Å². The number of hydrogen-bond acceptors (Lipinski definition) is 6. The zero-order valence-electron chi connectivity index (χ0n) is 11.9. The summed E-state index contributed by atoms with van der Waals surface area (Å²) in [6.07, 6.45) is 3.13. The summed E-state index contributed by atoms with van der Waals surface area (Å²) in [4.78, 5) is 4.60. The molecule has 19 heavy (non-hydrogen) atoms. The van der Waals surface area contributed by atoms with E-state index in [0.29, 0.717) is 16.5 Å². The summed E-state index contributed by atoms with van der Waals surface area (Å²) in [7, 11) is 1.99. The van der Waals surface area contributed by atoms with E-state index in [2.05, 4.69) is 29.3 Å². The van der Waals surface area contributed by atoms with Crippen molar-refractivity contribution in [1.82, 2.24) is 15.5 Å². The van der Waals surface area contributed by atoms with Gasteiger partial charge in [-0.2, -0.15) is 16.7 Å². The number of rotatable bonds is 6. The van der Waals surface area contributed by atoms with E-state index in [1.807, 2.05) is 30.6 Å². The van der Waals surface area contributed by atoms with E-state index < -0.39 is 0 Å². The van der Waals surface area contributed by atoms with Crippen LogP contribution in [0.4, 0.5) is 0 Å². The van der Waals surface area contributed by atoms with Crippen molar-refractivity contribution in [3.63, 3.8) is 0 Å². The lowest BCUT2D eigenvalue weighted by atomic mass is 10.1. The maximum absolute atomic E-state index is 5.42. The van der Waals surface area contributed by atoms with Crippen LogP contribution in [0.5, 0.6) is 0 Å². The molecule has 0 amide bonds. The molecule has 1 aliphatic heterocycles. The standard InChI is InChI=1S/C13H23N3OS2/c1-4-5-10(14-3)8-11-15-13(16-17-11)12-9(2)18-6-7-19-12/h9-10,12,14H,4-8H2,1-3H3. The molecule has 1 fully saturated rings. The quantitative estimate of drug-likeness (QED) is 0.872. The average molecular weight is 301 g/mol. The van der Waals surface area contributed by atoms with E-state index in [9.17, 15) is 0 Å². The average Bonchev–Trinajstić information content (AvgIpc) is 2.87. The van der Waals surface area contributed by atoms with Gasteiger partial charge in [-0.05, 0) is 13.5 Å². The third-order valence-corrected chi connectivity index (χ3v) is 6.48. The second-order valence-electron chi connectivity index (χ2n) is 4.89. The van der Waals surface area contributed by atoms with Gasteiger partial charge in [0.1, 0.15) is 0 Å². The monoisotopic (exact) mass is 301 g/mol. The topological polar surface area (TPSA) is 51.0 Å². The Morgan fingerprint density at radius 3 is 2.89 bits per heavy atom. The van der Waals surface area contributed by atoms with Crippen LogP contribution in [0.1, 0.15) is 43.7 Å². The number of nitrogens with zero attached hydrogens (tertiary/aromatic N) is 2. The van der Waals surface area contributed by atoms with Gasteiger partial charge < -0.3 is 9.84 Å². The summed E-state index contributed by atoms with van der Waals surface area (Å²) < 4.78 is 5.42. The lowest BCUT2D eigenvalue weighted by Gasteiger charge is -2.24. The summed E-state index contributed by atoms with van der Waals surface area (Å²) >= 11 is 3.95. The van der Waals surface area contributed by atoms with Crippen LogP contribution < -0.4 is 5.32 Å². The Morgan fingerprint density at radius 1 is 1.42 bits per heavy atom. The van der Waals surface area contributed by atoms with Crippen LogP contribution in [0.3, 0.4) is 0 Å². The van der Waals surface area contributed by atoms with Gasteiger partial charge in [0.25, 0.3) is 0 Å². The molecule has 6 heteroatoms. The molecule has 0 spiro atoms. The minimum atomic E-state index is 0.385. The van der Waals surface area contributed by atoms with E-state index in [4.69, 9.17) is 4.52 Å². The first-order valence-corrected chi connectivity index (χ1v) is 9.07. The fraction of sp³-hybridized carbons (Fsp3) is 0.846. The molecule has 1 aromatic rings. The fourth-order valence-corrected chi connectivity index (χ4v) is 4.97. The summed E-state index contributed by atoms with van der Waals surface area (Å²) in [6, 6.07) is 0.434. The molecule has 3 unspecified atom stereocenters. The molecular formula is C13H23N3OS2. The zero-order valence-corrected chi connectivity index (χ0v) is 13.5. The van der Waals surface area contributed by atoms with Crippen molar-refractivity contribution in [3.8, 4) is 0 Å². The molecule has 2 heterocycles. The van der Waals surface area contributed by atoms with Crippen molar-refractivity contribution in [3.05, 3.63) is 11.7 Å². The first kappa shape index (κ1) is 15.2. The van der Waals surface area contributed by atoms with Crippen LogP contribution in [0.25, 0.3) is 0 Å². The Hall–Kier alpha value is -0.200. The summed E-state index contributed by atoms with van der Waals surface area (Å²) in [5.41, 5.74) is 0. The smallest absolute Gasteiger partial charge is 0.228 e. The highest BCUT2D eigenvalue weighted by molar-refractivity contribution is 8.06. The second-order valence-corrected chi connectivity index (χ2v) is 7.63. The van der Waals surface area contributed by atoms with Gasteiger partial charge in [0.15, 0.2) is 5.82 Å². The van der Waals surface area contributed by atoms with Crippen molar-refractivity contribution in [2.75, 3.05) is 18.6 Å². The molecule has 1 N–H and O–H groups in total. The van der Waals surface area contributed by atoms with Crippen LogP contribution in [-0.2, 0) is 6.42 Å². The number of likely N-dealkylation sites (N-methyl/N-ethyl adjacent to an activating group) is 1. The highest BCUT2D eigenvalue weighted by Crippen LogP contribution is 2.41. The van der Waals surface area contributed by atoms with Crippen LogP contribution >= 0.6 is 23.5 Å². The molecule has 0 saturated carbocycles. The van der Waals surface area contributed by atoms with Gasteiger partial charge in [-0.15, -0.1) is 11.8 Å². The highest BCUT2D eigenvalue weighted by Gasteiger charge is 2.28. The van der Waals surface area contributed by atoms with E-state index in [0.717, 1.165) is 24.6 Å². The van der Waals surface area contributed by atoms with Gasteiger partial charge in [0, 0.05) is 29.2 Å². The minimum Gasteiger partial charge on any atom is -0.339 e. The molecule has 4 nitrogen and oxygen atoms in total. The van der Waals surface area contributed by atoms with Gasteiger partial charge in [0.05, 0.1) is 5.25 Å². The molecule has 108 valence electrons. The molecule has 0 radical (unpaired) electrons. The maximum atomic E-state index is 5.42. The van der Waals surface area contributed by atoms with Crippen LogP contribution in [0.2, 0.25) is 0 Å². The minimum absolute atomic E-state index is 0.385. The van der Waals surface area contributed by atoms with Gasteiger partial charge in [-0.3, -0.25) is 0 Å². The lowest BCUT2D eigenvalue weighted by molar-refractivity contribution is 0.352. The highest BCUT2D eigenvalue weighted by atomic mass is 32.2. The molecule has 3 atom stereocenters. The number of nitrogens with one attached hydrogen (secondary N) is 1. The van der Waals surface area contributed by atoms with Crippen molar-refractivity contribution >= 4 is 23.5 Å². The Labute approximate surface area is 123 Å². The van der Waals surface area contributed by atoms with Gasteiger partial charge in [-0.25, -0.2) is 0 Å². The second kappa shape index (κ2) is 7.55. The summed E-state index contributed by atoms with van der Waals surface area (Å²) in [5, 5.41) is 8.46. The third kappa shape index (κ3) is 4.13. The van der Waals surface area contributed by atoms with E-state index >= 15 is 0 Å². The van der Waals surface area contributed by atoms with Crippen LogP contribution in [0.15, 0.2) is 4.52 Å². The Morgan fingerprint density at radius 2 is 2.21 bits per heavy atom. The molecule has 1 aliphatic rings. The normalized spacial score (nSPS) is 25.4. The van der Waals surface area contributed by atoms with E-state index in [1.54, 1.807) is 0 Å². The van der Waals surface area contributed by atoms with Gasteiger partial charge in [0.2, 0.25) is 5.89 Å². The van der Waals surface area contributed by atoms with E-state index in [-0.39, 0.29) is 0 Å². The van der Waals surface area contributed by atoms with E-state index in [1.165, 1.54) is 17.9 Å².